The number of hydroxylamine groups is 2. The van der Waals surface area contributed by atoms with Gasteiger partial charge in [-0.2, -0.15) is 0 Å². The average Bonchev–Trinajstić information content (AvgIpc) is 1.81. The Labute approximate surface area is 104 Å². The summed E-state index contributed by atoms with van der Waals surface area (Å²) in [5, 5.41) is 8.81. The van der Waals surface area contributed by atoms with Crippen molar-refractivity contribution in [3.63, 3.8) is 0 Å². The molecule has 6 nitrogen and oxygen atoms in total. The Morgan fingerprint density at radius 2 is 1.93 bits per heavy atom. The molecule has 0 radical (unpaired) electrons. The maximum Gasteiger partial charge on any atom is 1.00 e. The van der Waals surface area contributed by atoms with Gasteiger partial charge < -0.3 is 9.46 Å². The summed E-state index contributed by atoms with van der Waals surface area (Å²) in [6.07, 6.45) is -1.24. The molecular formula is C6H11NNaO5P. The van der Waals surface area contributed by atoms with E-state index in [0.29, 0.717) is 0 Å². The van der Waals surface area contributed by atoms with E-state index in [9.17, 15) is 19.0 Å². The largest absolute Gasteiger partial charge is 1.00 e. The second kappa shape index (κ2) is 6.71. The zero-order valence-electron chi connectivity index (χ0n) is 8.39. The van der Waals surface area contributed by atoms with E-state index < -0.39 is 31.6 Å². The zero-order valence-corrected chi connectivity index (χ0v) is 11.3. The van der Waals surface area contributed by atoms with Crippen LogP contribution in [0.15, 0.2) is 0 Å². The first-order valence-corrected chi connectivity index (χ1v) is 5.73. The van der Waals surface area contributed by atoms with Gasteiger partial charge >= 0.3 is 29.6 Å². The first kappa shape index (κ1) is 16.7. The molecule has 0 aromatic heterocycles. The van der Waals surface area contributed by atoms with Gasteiger partial charge in [0.2, 0.25) is 0 Å². The predicted octanol–water partition coefficient (Wildman–Crippen LogP) is -3.93. The minimum Gasteiger partial charge on any atom is -0.799 e. The molecule has 1 atom stereocenters. The van der Waals surface area contributed by atoms with Crippen LogP contribution in [0.2, 0.25) is 0 Å². The fourth-order valence-corrected chi connectivity index (χ4v) is 1.41. The maximum absolute atomic E-state index is 10.8. The van der Waals surface area contributed by atoms with Gasteiger partial charge in [0.25, 0.3) is 5.91 Å². The molecule has 8 heteroatoms. The van der Waals surface area contributed by atoms with Gasteiger partial charge in [-0.15, -0.1) is 0 Å². The summed E-state index contributed by atoms with van der Waals surface area (Å²) in [5.74, 6) is -1.54. The second-order valence-corrected chi connectivity index (χ2v) is 5.15. The van der Waals surface area contributed by atoms with Crippen LogP contribution < -0.4 is 34.5 Å². The first-order chi connectivity index (χ1) is 5.72. The van der Waals surface area contributed by atoms with Crippen LogP contribution in [0.1, 0.15) is 6.42 Å². The zero-order chi connectivity index (χ0) is 10.6. The number of hydrogen-bond donors (Lipinski definition) is 1. The van der Waals surface area contributed by atoms with E-state index in [2.05, 4.69) is 0 Å². The molecule has 0 aliphatic carbocycles. The molecule has 76 valence electrons. The van der Waals surface area contributed by atoms with E-state index in [-0.39, 0.29) is 34.6 Å². The van der Waals surface area contributed by atoms with Crippen molar-refractivity contribution in [1.29, 1.82) is 0 Å². The number of nitrogens with zero attached hydrogens (tertiary/aromatic N) is 1. The Morgan fingerprint density at radius 3 is 2.21 bits per heavy atom. The Kier molecular flexibility index (Phi) is 8.01. The van der Waals surface area contributed by atoms with Crippen molar-refractivity contribution < 1.29 is 53.8 Å². The quantitative estimate of drug-likeness (QED) is 0.175. The van der Waals surface area contributed by atoms with Crippen LogP contribution in [0.5, 0.6) is 0 Å². The minimum absolute atomic E-state index is 0. The molecule has 0 saturated heterocycles. The third kappa shape index (κ3) is 8.87. The van der Waals surface area contributed by atoms with Crippen molar-refractivity contribution in [3.05, 3.63) is 0 Å². The maximum atomic E-state index is 10.8. The van der Waals surface area contributed by atoms with Crippen LogP contribution in [0.4, 0.5) is 0 Å². The van der Waals surface area contributed by atoms with Gasteiger partial charge in [-0.25, -0.2) is 5.06 Å². The van der Waals surface area contributed by atoms with Gasteiger partial charge in [-0.05, 0) is 6.66 Å². The van der Waals surface area contributed by atoms with Crippen molar-refractivity contribution >= 4 is 19.1 Å². The summed E-state index contributed by atoms with van der Waals surface area (Å²) in [5.41, 5.74) is 0. The number of carbonyl (C=O) groups excluding carboxylic acids is 2. The monoisotopic (exact) mass is 231 g/mol. The van der Waals surface area contributed by atoms with Gasteiger partial charge in [-0.1, -0.05) is 0 Å². The number of amides is 1. The second-order valence-electron chi connectivity index (χ2n) is 2.81. The van der Waals surface area contributed by atoms with Crippen LogP contribution in [0.25, 0.3) is 0 Å². The standard InChI is InChI=1S/C6H12NO5P.Na/c1-7(10)6(9)3-5(8)4-13(2,11)12;/h10H,3-4H2,1-2H3,(H,11,12);/q;+1/p-1. The van der Waals surface area contributed by atoms with E-state index >= 15 is 0 Å². The first-order valence-electron chi connectivity index (χ1n) is 3.47. The number of hydrogen-bond acceptors (Lipinski definition) is 5. The molecule has 0 fully saturated rings. The predicted molar refractivity (Wildman–Crippen MR) is 42.6 cm³/mol. The molecule has 14 heavy (non-hydrogen) atoms. The van der Waals surface area contributed by atoms with E-state index in [0.717, 1.165) is 13.7 Å². The summed E-state index contributed by atoms with van der Waals surface area (Å²) < 4.78 is 10.6. The summed E-state index contributed by atoms with van der Waals surface area (Å²) in [7, 11) is -2.59. The SMILES string of the molecule is CN(O)C(=O)CC(=O)CP(C)(=O)[O-].[Na+]. The minimum atomic E-state index is -3.66. The molecule has 1 N–H and O–H groups in total. The summed E-state index contributed by atoms with van der Waals surface area (Å²) in [6.45, 7) is 0.929. The van der Waals surface area contributed by atoms with Crippen LogP contribution in [0.3, 0.4) is 0 Å². The topological polar surface area (TPSA) is 97.7 Å². The fourth-order valence-electron chi connectivity index (χ4n) is 0.659. The molecule has 0 spiro atoms. The fraction of sp³-hybridized carbons (Fsp3) is 0.667. The summed E-state index contributed by atoms with van der Waals surface area (Å²) in [4.78, 5) is 32.2. The average molecular weight is 231 g/mol. The molecule has 0 aliphatic heterocycles. The van der Waals surface area contributed by atoms with Crippen molar-refractivity contribution in [2.45, 2.75) is 6.42 Å². The molecule has 0 aromatic rings. The van der Waals surface area contributed by atoms with Gasteiger partial charge in [0.05, 0.1) is 6.42 Å². The normalized spacial score (nSPS) is 13.7. The molecular weight excluding hydrogens is 220 g/mol. The van der Waals surface area contributed by atoms with Crippen molar-refractivity contribution in [2.75, 3.05) is 19.9 Å². The van der Waals surface area contributed by atoms with Crippen LogP contribution in [-0.4, -0.2) is 41.8 Å². The van der Waals surface area contributed by atoms with E-state index in [1.165, 1.54) is 0 Å². The molecule has 1 unspecified atom stereocenters. The van der Waals surface area contributed by atoms with Crippen molar-refractivity contribution in [3.8, 4) is 0 Å². The Hall–Kier alpha value is 0.290. The smallest absolute Gasteiger partial charge is 0.799 e. The molecule has 0 heterocycles. The molecule has 0 aromatic carbocycles. The third-order valence-corrected chi connectivity index (χ3v) is 2.10. The summed E-state index contributed by atoms with van der Waals surface area (Å²) in [6, 6.07) is 0. The van der Waals surface area contributed by atoms with E-state index in [4.69, 9.17) is 5.21 Å². The number of rotatable bonds is 4. The van der Waals surface area contributed by atoms with E-state index in [1.807, 2.05) is 0 Å². The van der Waals surface area contributed by atoms with Gasteiger partial charge in [-0.3, -0.25) is 14.8 Å². The molecule has 0 saturated carbocycles. The van der Waals surface area contributed by atoms with Crippen LogP contribution in [-0.2, 0) is 14.2 Å². The van der Waals surface area contributed by atoms with E-state index in [1.54, 1.807) is 0 Å². The van der Waals surface area contributed by atoms with Gasteiger partial charge in [0, 0.05) is 20.6 Å². The third-order valence-electron chi connectivity index (χ3n) is 1.17. The molecule has 0 aliphatic rings. The number of Topliss-reactive ketones (excluding diaryl/α,β-unsaturated/α-hetero) is 1. The van der Waals surface area contributed by atoms with Crippen LogP contribution >= 0.6 is 7.37 Å². The van der Waals surface area contributed by atoms with Gasteiger partial charge in [0.15, 0.2) is 0 Å². The molecule has 1 amide bonds. The van der Waals surface area contributed by atoms with Crippen molar-refractivity contribution in [2.24, 2.45) is 0 Å². The summed E-state index contributed by atoms with van der Waals surface area (Å²) >= 11 is 0. The Balaban J connectivity index is 0. The number of ketones is 1. The van der Waals surface area contributed by atoms with Crippen molar-refractivity contribution in [1.82, 2.24) is 5.06 Å². The Morgan fingerprint density at radius 1 is 1.50 bits per heavy atom. The number of carbonyl (C=O) groups is 2. The van der Waals surface area contributed by atoms with Gasteiger partial charge in [0.1, 0.15) is 5.78 Å². The Bertz CT molecular complexity index is 261. The van der Waals surface area contributed by atoms with Crippen LogP contribution in [0, 0.1) is 0 Å². The molecule has 0 bridgehead atoms. The molecule has 0 rings (SSSR count).